The molecule has 0 aromatic heterocycles. The number of carbonyl (C=O) groups is 1. The van der Waals surface area contributed by atoms with Crippen LogP contribution in [-0.2, 0) is 4.74 Å². The number of nitrogens with one attached hydrogen (secondary N) is 1. The zero-order valence-electron chi connectivity index (χ0n) is 14.1. The molecule has 138 valence electrons. The fraction of sp³-hybridized carbons (Fsp3) is 0.316. The van der Waals surface area contributed by atoms with Crippen LogP contribution in [-0.4, -0.2) is 43.7 Å². The molecule has 1 atom stereocenters. The largest absolute Gasteiger partial charge is 0.379 e. The van der Waals surface area contributed by atoms with E-state index in [1.165, 1.54) is 12.1 Å². The minimum Gasteiger partial charge on any atom is -0.379 e. The van der Waals surface area contributed by atoms with Crippen molar-refractivity contribution in [3.63, 3.8) is 0 Å². The maximum Gasteiger partial charge on any atom is 0.254 e. The molecule has 2 aromatic rings. The van der Waals surface area contributed by atoms with E-state index < -0.39 is 17.5 Å². The van der Waals surface area contributed by atoms with Crippen LogP contribution in [0.2, 0.25) is 0 Å². The van der Waals surface area contributed by atoms with E-state index in [-0.39, 0.29) is 24.0 Å². The predicted octanol–water partition coefficient (Wildman–Crippen LogP) is 2.91. The molecule has 1 heterocycles. The van der Waals surface area contributed by atoms with Crippen LogP contribution in [0.1, 0.15) is 22.0 Å². The summed E-state index contributed by atoms with van der Waals surface area (Å²) in [6.07, 6.45) is 0. The van der Waals surface area contributed by atoms with Crippen LogP contribution in [0.5, 0.6) is 0 Å². The summed E-state index contributed by atoms with van der Waals surface area (Å²) < 4.78 is 45.4. The molecule has 1 aliphatic rings. The molecule has 2 aromatic carbocycles. The van der Waals surface area contributed by atoms with Gasteiger partial charge in [-0.25, -0.2) is 13.2 Å². The van der Waals surface area contributed by atoms with Crippen LogP contribution in [0.15, 0.2) is 42.5 Å². The molecule has 7 heteroatoms. The minimum atomic E-state index is -0.910. The smallest absolute Gasteiger partial charge is 0.254 e. The molecule has 0 unspecified atom stereocenters. The Balaban J connectivity index is 1.74. The second-order valence-corrected chi connectivity index (χ2v) is 6.05. The number of carbonyl (C=O) groups excluding carboxylic acids is 1. The van der Waals surface area contributed by atoms with E-state index in [4.69, 9.17) is 4.74 Å². The number of ether oxygens (including phenoxy) is 1. The van der Waals surface area contributed by atoms with Gasteiger partial charge in [0, 0.05) is 25.7 Å². The van der Waals surface area contributed by atoms with Gasteiger partial charge in [0.25, 0.3) is 5.91 Å². The molecule has 1 saturated heterocycles. The second-order valence-electron chi connectivity index (χ2n) is 6.05. The summed E-state index contributed by atoms with van der Waals surface area (Å²) in [5, 5.41) is 2.69. The number of benzene rings is 2. The van der Waals surface area contributed by atoms with Gasteiger partial charge >= 0.3 is 0 Å². The molecule has 0 spiro atoms. The fourth-order valence-electron chi connectivity index (χ4n) is 2.99. The first kappa shape index (κ1) is 18.4. The van der Waals surface area contributed by atoms with Gasteiger partial charge in [0.15, 0.2) is 0 Å². The molecule has 1 amide bonds. The summed E-state index contributed by atoms with van der Waals surface area (Å²) in [6, 6.07) is 8.69. The Labute approximate surface area is 149 Å². The third-order valence-electron chi connectivity index (χ3n) is 4.37. The van der Waals surface area contributed by atoms with Gasteiger partial charge in [0.05, 0.1) is 24.8 Å². The molecule has 3 rings (SSSR count). The predicted molar refractivity (Wildman–Crippen MR) is 90.2 cm³/mol. The summed E-state index contributed by atoms with van der Waals surface area (Å²) in [4.78, 5) is 14.4. The van der Waals surface area contributed by atoms with Crippen molar-refractivity contribution in [3.8, 4) is 0 Å². The van der Waals surface area contributed by atoms with Crippen molar-refractivity contribution in [1.29, 1.82) is 0 Å². The van der Waals surface area contributed by atoms with Crippen LogP contribution in [0.4, 0.5) is 13.2 Å². The maximum atomic E-state index is 13.8. The Bertz CT molecular complexity index is 762. The summed E-state index contributed by atoms with van der Waals surface area (Å²) in [5.74, 6) is -2.61. The third kappa shape index (κ3) is 4.42. The normalized spacial score (nSPS) is 16.3. The van der Waals surface area contributed by atoms with Crippen molar-refractivity contribution in [3.05, 3.63) is 71.0 Å². The summed E-state index contributed by atoms with van der Waals surface area (Å²) >= 11 is 0. The van der Waals surface area contributed by atoms with Crippen LogP contribution in [0.25, 0.3) is 0 Å². The molecule has 1 N–H and O–H groups in total. The summed E-state index contributed by atoms with van der Waals surface area (Å²) in [6.45, 7) is 2.68. The quantitative estimate of drug-likeness (QED) is 0.887. The lowest BCUT2D eigenvalue weighted by molar-refractivity contribution is 0.0162. The van der Waals surface area contributed by atoms with Crippen molar-refractivity contribution in [2.24, 2.45) is 0 Å². The fourth-order valence-corrected chi connectivity index (χ4v) is 2.99. The highest BCUT2D eigenvalue weighted by atomic mass is 19.1. The van der Waals surface area contributed by atoms with Crippen LogP contribution in [0.3, 0.4) is 0 Å². The van der Waals surface area contributed by atoms with Crippen molar-refractivity contribution < 1.29 is 22.7 Å². The van der Waals surface area contributed by atoms with Crippen molar-refractivity contribution in [1.82, 2.24) is 10.2 Å². The van der Waals surface area contributed by atoms with Crippen LogP contribution >= 0.6 is 0 Å². The van der Waals surface area contributed by atoms with Crippen LogP contribution < -0.4 is 5.32 Å². The van der Waals surface area contributed by atoms with Gasteiger partial charge in [-0.3, -0.25) is 9.69 Å². The average molecular weight is 364 g/mol. The van der Waals surface area contributed by atoms with Gasteiger partial charge in [-0.05, 0) is 29.8 Å². The number of hydrogen-bond acceptors (Lipinski definition) is 3. The van der Waals surface area contributed by atoms with E-state index in [1.54, 1.807) is 12.1 Å². The second kappa shape index (κ2) is 8.33. The van der Waals surface area contributed by atoms with Gasteiger partial charge in [-0.2, -0.15) is 0 Å². The highest BCUT2D eigenvalue weighted by molar-refractivity contribution is 5.94. The number of nitrogens with zero attached hydrogens (tertiary/aromatic N) is 1. The van der Waals surface area contributed by atoms with E-state index >= 15 is 0 Å². The van der Waals surface area contributed by atoms with Gasteiger partial charge in [-0.15, -0.1) is 0 Å². The highest BCUT2D eigenvalue weighted by Crippen LogP contribution is 2.22. The molecule has 0 bridgehead atoms. The van der Waals surface area contributed by atoms with E-state index in [1.807, 2.05) is 0 Å². The molecule has 0 saturated carbocycles. The summed E-state index contributed by atoms with van der Waals surface area (Å²) in [5.41, 5.74) is 0.624. The molecule has 1 fully saturated rings. The van der Waals surface area contributed by atoms with Crippen LogP contribution in [0, 0.1) is 17.5 Å². The number of amides is 1. The Morgan fingerprint density at radius 3 is 2.35 bits per heavy atom. The molecule has 0 radical (unpaired) electrons. The SMILES string of the molecule is O=C(NC[C@@H](c1ccc(F)cc1)N1CCOCC1)c1ccc(F)cc1F. The number of hydrogen-bond donors (Lipinski definition) is 1. The molecule has 4 nitrogen and oxygen atoms in total. The van der Waals surface area contributed by atoms with E-state index in [0.717, 1.165) is 17.7 Å². The Morgan fingerprint density at radius 1 is 1.04 bits per heavy atom. The van der Waals surface area contributed by atoms with Crippen molar-refractivity contribution in [2.45, 2.75) is 6.04 Å². The zero-order chi connectivity index (χ0) is 18.5. The topological polar surface area (TPSA) is 41.6 Å². The van der Waals surface area contributed by atoms with Gasteiger partial charge in [-0.1, -0.05) is 12.1 Å². The Hall–Kier alpha value is -2.38. The first-order valence-corrected chi connectivity index (χ1v) is 8.35. The maximum absolute atomic E-state index is 13.8. The standard InChI is InChI=1S/C19H19F3N2O2/c20-14-3-1-13(2-4-14)18(24-7-9-26-10-8-24)12-23-19(25)16-6-5-15(21)11-17(16)22/h1-6,11,18H,7-10,12H2,(H,23,25)/t18-/m0/s1. The zero-order valence-corrected chi connectivity index (χ0v) is 14.1. The first-order valence-electron chi connectivity index (χ1n) is 8.35. The highest BCUT2D eigenvalue weighted by Gasteiger charge is 2.24. The van der Waals surface area contributed by atoms with Gasteiger partial charge in [0.2, 0.25) is 0 Å². The van der Waals surface area contributed by atoms with E-state index in [0.29, 0.717) is 32.4 Å². The molecular weight excluding hydrogens is 345 g/mol. The first-order chi connectivity index (χ1) is 12.5. The lowest BCUT2D eigenvalue weighted by Crippen LogP contribution is -2.43. The number of rotatable bonds is 5. The number of halogens is 3. The van der Waals surface area contributed by atoms with Crippen molar-refractivity contribution in [2.75, 3.05) is 32.8 Å². The molecule has 1 aliphatic heterocycles. The molecular formula is C19H19F3N2O2. The minimum absolute atomic E-state index is 0.202. The lowest BCUT2D eigenvalue weighted by atomic mass is 10.0. The van der Waals surface area contributed by atoms with Crippen molar-refractivity contribution >= 4 is 5.91 Å². The van der Waals surface area contributed by atoms with Gasteiger partial charge < -0.3 is 10.1 Å². The molecule has 26 heavy (non-hydrogen) atoms. The summed E-state index contributed by atoms with van der Waals surface area (Å²) in [7, 11) is 0. The van der Waals surface area contributed by atoms with E-state index in [2.05, 4.69) is 10.2 Å². The number of morpholine rings is 1. The van der Waals surface area contributed by atoms with Gasteiger partial charge in [0.1, 0.15) is 17.5 Å². The Morgan fingerprint density at radius 2 is 1.69 bits per heavy atom. The van der Waals surface area contributed by atoms with E-state index in [9.17, 15) is 18.0 Å². The molecule has 0 aliphatic carbocycles. The third-order valence-corrected chi connectivity index (χ3v) is 4.37. The lowest BCUT2D eigenvalue weighted by Gasteiger charge is -2.35. The monoisotopic (exact) mass is 364 g/mol. The average Bonchev–Trinajstić information content (AvgIpc) is 2.64. The Kier molecular flexibility index (Phi) is 5.90.